The van der Waals surface area contributed by atoms with Crippen molar-refractivity contribution in [2.24, 2.45) is 0 Å². The van der Waals surface area contributed by atoms with Crippen molar-refractivity contribution in [2.75, 3.05) is 9.80 Å². The van der Waals surface area contributed by atoms with E-state index in [9.17, 15) is 0 Å². The third kappa shape index (κ3) is 8.57. The number of allylic oxidation sites excluding steroid dienone is 4. The van der Waals surface area contributed by atoms with Crippen LogP contribution >= 0.6 is 0 Å². The minimum atomic E-state index is 0.0760. The van der Waals surface area contributed by atoms with Gasteiger partial charge in [-0.2, -0.15) is 0 Å². The number of fused-ring (bicyclic) bond motifs is 5. The molecule has 3 aliphatic rings. The van der Waals surface area contributed by atoms with Crippen LogP contribution < -0.4 is 9.80 Å². The summed E-state index contributed by atoms with van der Waals surface area (Å²) in [6.45, 7) is 0. The molecule has 0 radical (unpaired) electrons. The molecule has 0 bridgehead atoms. The van der Waals surface area contributed by atoms with Gasteiger partial charge in [-0.25, -0.2) is 0 Å². The Labute approximate surface area is 436 Å². The fourth-order valence-corrected chi connectivity index (χ4v) is 12.2. The van der Waals surface area contributed by atoms with E-state index in [0.29, 0.717) is 5.92 Å². The summed E-state index contributed by atoms with van der Waals surface area (Å²) in [5.41, 5.74) is 23.7. The lowest BCUT2D eigenvalue weighted by atomic mass is 9.68. The Balaban J connectivity index is 0.831. The number of hydrogen-bond acceptors (Lipinski definition) is 2. The van der Waals surface area contributed by atoms with Crippen molar-refractivity contribution in [3.05, 3.63) is 290 Å². The largest absolute Gasteiger partial charge is 0.311 e. The zero-order valence-electron chi connectivity index (χ0n) is 41.7. The highest BCUT2D eigenvalue weighted by molar-refractivity contribution is 5.87. The summed E-state index contributed by atoms with van der Waals surface area (Å²) in [4.78, 5) is 4.84. The SMILES string of the molecule is C1=CCC(c2ccc(N(c3ccc(-c4ccc(N(c5ccc(-c6ccccc6)cc5)c5ccc(-c6cccc(-c7ccccc7)c6)cc5)cc4)cc3)c3ccc4c(c3)C3(CCCCC3)c3ccccc3-4)cc2)C=C1. The minimum absolute atomic E-state index is 0.0760. The fourth-order valence-electron chi connectivity index (χ4n) is 12.2. The summed E-state index contributed by atoms with van der Waals surface area (Å²) >= 11 is 0. The second-order valence-electron chi connectivity index (χ2n) is 20.3. The molecule has 2 nitrogen and oxygen atoms in total. The summed E-state index contributed by atoms with van der Waals surface area (Å²) in [5.74, 6) is 0.402. The van der Waals surface area contributed by atoms with Gasteiger partial charge < -0.3 is 9.80 Å². The Morgan fingerprint density at radius 2 is 0.730 bits per heavy atom. The van der Waals surface area contributed by atoms with Crippen molar-refractivity contribution in [2.45, 2.75) is 49.9 Å². The van der Waals surface area contributed by atoms with E-state index in [1.54, 1.807) is 0 Å². The first-order chi connectivity index (χ1) is 36.6. The van der Waals surface area contributed by atoms with E-state index >= 15 is 0 Å². The van der Waals surface area contributed by atoms with E-state index in [1.165, 1.54) is 116 Å². The van der Waals surface area contributed by atoms with E-state index < -0.39 is 0 Å². The van der Waals surface area contributed by atoms with Crippen molar-refractivity contribution in [1.82, 2.24) is 0 Å². The van der Waals surface area contributed by atoms with Gasteiger partial charge in [0, 0.05) is 45.5 Å². The third-order valence-electron chi connectivity index (χ3n) is 16.0. The molecule has 0 heterocycles. The third-order valence-corrected chi connectivity index (χ3v) is 16.0. The predicted molar refractivity (Wildman–Crippen MR) is 312 cm³/mol. The van der Waals surface area contributed by atoms with E-state index in [-0.39, 0.29) is 5.41 Å². The molecule has 0 saturated heterocycles. The van der Waals surface area contributed by atoms with E-state index in [1.807, 2.05) is 0 Å². The van der Waals surface area contributed by atoms with Gasteiger partial charge in [0.1, 0.15) is 0 Å². The Kier molecular flexibility index (Phi) is 12.0. The highest BCUT2D eigenvalue weighted by atomic mass is 15.1. The maximum atomic E-state index is 2.54. The van der Waals surface area contributed by atoms with E-state index in [2.05, 4.69) is 283 Å². The molecule has 74 heavy (non-hydrogen) atoms. The van der Waals surface area contributed by atoms with Crippen molar-refractivity contribution < 1.29 is 0 Å². The van der Waals surface area contributed by atoms with Crippen LogP contribution in [0.5, 0.6) is 0 Å². The van der Waals surface area contributed by atoms with Crippen LogP contribution in [0.1, 0.15) is 61.1 Å². The number of nitrogens with zero attached hydrogens (tertiary/aromatic N) is 2. The summed E-state index contributed by atoms with van der Waals surface area (Å²) < 4.78 is 0. The van der Waals surface area contributed by atoms with Crippen molar-refractivity contribution in [1.29, 1.82) is 0 Å². The molecule has 2 heteroatoms. The number of anilines is 6. The Bertz CT molecular complexity index is 3620. The minimum Gasteiger partial charge on any atom is -0.311 e. The molecule has 1 fully saturated rings. The van der Waals surface area contributed by atoms with Crippen molar-refractivity contribution >= 4 is 34.1 Å². The molecule has 0 amide bonds. The van der Waals surface area contributed by atoms with Gasteiger partial charge in [0.05, 0.1) is 0 Å². The molecule has 13 rings (SSSR count). The van der Waals surface area contributed by atoms with Crippen molar-refractivity contribution in [3.63, 3.8) is 0 Å². The summed E-state index contributed by atoms with van der Waals surface area (Å²) in [5, 5.41) is 0. The smallest absolute Gasteiger partial charge is 0.0465 e. The summed E-state index contributed by atoms with van der Waals surface area (Å²) in [6.07, 6.45) is 16.3. The predicted octanol–water partition coefficient (Wildman–Crippen LogP) is 20.1. The van der Waals surface area contributed by atoms with Crippen LogP contribution in [0.2, 0.25) is 0 Å². The molecule has 0 aliphatic heterocycles. The maximum Gasteiger partial charge on any atom is 0.0465 e. The first kappa shape index (κ1) is 45.2. The average molecular weight is 951 g/mol. The van der Waals surface area contributed by atoms with Gasteiger partial charge in [0.2, 0.25) is 0 Å². The molecular weight excluding hydrogens is 893 g/mol. The summed E-state index contributed by atoms with van der Waals surface area (Å²) in [7, 11) is 0. The molecule has 10 aromatic rings. The summed E-state index contributed by atoms with van der Waals surface area (Å²) in [6, 6.07) is 92.1. The highest BCUT2D eigenvalue weighted by Gasteiger charge is 2.44. The highest BCUT2D eigenvalue weighted by Crippen LogP contribution is 2.57. The van der Waals surface area contributed by atoms with Crippen LogP contribution in [0.15, 0.2) is 273 Å². The van der Waals surface area contributed by atoms with Gasteiger partial charge in [0.25, 0.3) is 0 Å². The normalized spacial score (nSPS) is 15.1. The second kappa shape index (κ2) is 19.7. The second-order valence-corrected chi connectivity index (χ2v) is 20.3. The van der Waals surface area contributed by atoms with Crippen LogP contribution in [0.25, 0.3) is 55.6 Å². The molecule has 356 valence electrons. The Morgan fingerprint density at radius 3 is 1.26 bits per heavy atom. The molecule has 1 spiro atoms. The first-order valence-electron chi connectivity index (χ1n) is 26.6. The lowest BCUT2D eigenvalue weighted by molar-refractivity contribution is 0.353. The van der Waals surface area contributed by atoms with Crippen molar-refractivity contribution in [3.8, 4) is 55.6 Å². The van der Waals surface area contributed by atoms with Crippen LogP contribution in [0, 0.1) is 0 Å². The van der Waals surface area contributed by atoms with Crippen LogP contribution in [-0.2, 0) is 5.41 Å². The quantitative estimate of drug-likeness (QED) is 0.127. The number of rotatable bonds is 11. The molecule has 0 N–H and O–H groups in total. The lowest BCUT2D eigenvalue weighted by Crippen LogP contribution is -2.28. The van der Waals surface area contributed by atoms with Gasteiger partial charge in [-0.15, -0.1) is 0 Å². The van der Waals surface area contributed by atoms with Gasteiger partial charge in [0.15, 0.2) is 0 Å². The van der Waals surface area contributed by atoms with Crippen LogP contribution in [-0.4, -0.2) is 0 Å². The standard InChI is InChI=1S/C72H58N2/c1-5-16-52(17-6-1)55-26-36-62(37-27-55)73(64-44-34-59(35-45-64)61-23-15-22-60(50-61)54-20-9-3-10-21-54)63-38-30-57(31-39-63)58-32-42-66(43-33-58)74(65-40-28-56(29-41-65)53-18-7-2-8-19-53)67-46-47-69-68-24-11-12-25-70(68)72(71(69)51-67)48-13-4-14-49-72/h1-3,5-12,15-18,20-47,50-51,53H,4,13-14,19,48-49H2. The molecule has 10 aromatic carbocycles. The number of benzene rings is 10. The fraction of sp³-hybridized carbons (Fsp3) is 0.111. The van der Waals surface area contributed by atoms with Gasteiger partial charge in [-0.05, 0) is 170 Å². The van der Waals surface area contributed by atoms with E-state index in [4.69, 9.17) is 0 Å². The molecule has 1 saturated carbocycles. The number of hydrogen-bond donors (Lipinski definition) is 0. The van der Waals surface area contributed by atoms with Crippen LogP contribution in [0.3, 0.4) is 0 Å². The molecular formula is C72H58N2. The Hall–Kier alpha value is -8.72. The molecule has 3 aliphatic carbocycles. The molecule has 0 aromatic heterocycles. The monoisotopic (exact) mass is 950 g/mol. The first-order valence-corrected chi connectivity index (χ1v) is 26.6. The van der Waals surface area contributed by atoms with E-state index in [0.717, 1.165) is 29.2 Å². The zero-order chi connectivity index (χ0) is 49.3. The van der Waals surface area contributed by atoms with Gasteiger partial charge in [-0.3, -0.25) is 0 Å². The zero-order valence-corrected chi connectivity index (χ0v) is 41.7. The average Bonchev–Trinajstić information content (AvgIpc) is 3.76. The topological polar surface area (TPSA) is 6.48 Å². The molecule has 1 unspecified atom stereocenters. The van der Waals surface area contributed by atoms with Gasteiger partial charge >= 0.3 is 0 Å². The molecule has 1 atom stereocenters. The van der Waals surface area contributed by atoms with Gasteiger partial charge in [-0.1, -0.05) is 213 Å². The van der Waals surface area contributed by atoms with Crippen LogP contribution in [0.4, 0.5) is 34.1 Å². The maximum absolute atomic E-state index is 2.54. The Morgan fingerprint density at radius 1 is 0.311 bits per heavy atom. The lowest BCUT2D eigenvalue weighted by Gasteiger charge is -2.36.